The summed E-state index contributed by atoms with van der Waals surface area (Å²) in [7, 11) is 0. The molecule has 90 valence electrons. The molecule has 0 aliphatic carbocycles. The fraction of sp³-hybridized carbons (Fsp3) is 0.133. The van der Waals surface area contributed by atoms with Crippen molar-refractivity contribution in [2.24, 2.45) is 0 Å². The van der Waals surface area contributed by atoms with E-state index in [9.17, 15) is 4.79 Å². The standard InChI is InChI=1S/C15H13NOS/c1-11-4-5-12-6-7-16(13(12)9-11)10-14(17)15-3-2-8-18-15/h2-9H,10H2,1H3. The van der Waals surface area contributed by atoms with Crippen LogP contribution in [0.4, 0.5) is 0 Å². The van der Waals surface area contributed by atoms with Crippen LogP contribution in [0.15, 0.2) is 48.0 Å². The van der Waals surface area contributed by atoms with E-state index in [1.54, 1.807) is 0 Å². The van der Waals surface area contributed by atoms with Crippen LogP contribution < -0.4 is 0 Å². The molecule has 0 aliphatic rings. The molecule has 0 fully saturated rings. The van der Waals surface area contributed by atoms with E-state index in [0.29, 0.717) is 6.54 Å². The van der Waals surface area contributed by atoms with Crippen molar-refractivity contribution in [3.05, 3.63) is 58.4 Å². The fourth-order valence-corrected chi connectivity index (χ4v) is 2.76. The van der Waals surface area contributed by atoms with Gasteiger partial charge in [0, 0.05) is 11.7 Å². The SMILES string of the molecule is Cc1ccc2ccn(CC(=O)c3cccs3)c2c1. The topological polar surface area (TPSA) is 22.0 Å². The third-order valence-corrected chi connectivity index (χ3v) is 3.95. The lowest BCUT2D eigenvalue weighted by Gasteiger charge is -2.04. The van der Waals surface area contributed by atoms with Gasteiger partial charge in [-0.3, -0.25) is 4.79 Å². The van der Waals surface area contributed by atoms with Crippen molar-refractivity contribution in [2.75, 3.05) is 0 Å². The van der Waals surface area contributed by atoms with E-state index in [4.69, 9.17) is 0 Å². The maximum Gasteiger partial charge on any atom is 0.192 e. The molecule has 0 atom stereocenters. The largest absolute Gasteiger partial charge is 0.340 e. The van der Waals surface area contributed by atoms with Gasteiger partial charge in [0.25, 0.3) is 0 Å². The lowest BCUT2D eigenvalue weighted by atomic mass is 10.2. The van der Waals surface area contributed by atoms with Gasteiger partial charge in [0.2, 0.25) is 0 Å². The Kier molecular flexibility index (Phi) is 2.76. The molecule has 0 bridgehead atoms. The monoisotopic (exact) mass is 255 g/mol. The Labute approximate surface area is 109 Å². The molecular weight excluding hydrogens is 242 g/mol. The molecule has 0 saturated carbocycles. The molecule has 3 rings (SSSR count). The summed E-state index contributed by atoms with van der Waals surface area (Å²) >= 11 is 1.50. The number of benzene rings is 1. The first kappa shape index (κ1) is 11.2. The quantitative estimate of drug-likeness (QED) is 0.651. The van der Waals surface area contributed by atoms with Crippen molar-refractivity contribution in [1.29, 1.82) is 0 Å². The fourth-order valence-electron chi connectivity index (χ4n) is 2.10. The van der Waals surface area contributed by atoms with Crippen LogP contribution in [0, 0.1) is 6.92 Å². The summed E-state index contributed by atoms with van der Waals surface area (Å²) in [5.41, 5.74) is 2.34. The minimum absolute atomic E-state index is 0.170. The van der Waals surface area contributed by atoms with E-state index in [-0.39, 0.29) is 5.78 Å². The number of aryl methyl sites for hydroxylation is 1. The molecule has 2 aromatic heterocycles. The molecular formula is C15H13NOS. The van der Waals surface area contributed by atoms with Crippen molar-refractivity contribution in [2.45, 2.75) is 13.5 Å². The van der Waals surface area contributed by atoms with Crippen LogP contribution in [0.2, 0.25) is 0 Å². The lowest BCUT2D eigenvalue weighted by Crippen LogP contribution is -2.07. The van der Waals surface area contributed by atoms with Crippen LogP contribution in [0.25, 0.3) is 10.9 Å². The number of carbonyl (C=O) groups is 1. The van der Waals surface area contributed by atoms with Gasteiger partial charge in [-0.15, -0.1) is 11.3 Å². The van der Waals surface area contributed by atoms with Gasteiger partial charge in [-0.2, -0.15) is 0 Å². The van der Waals surface area contributed by atoms with E-state index in [0.717, 1.165) is 10.4 Å². The Balaban J connectivity index is 1.95. The highest BCUT2D eigenvalue weighted by atomic mass is 32.1. The number of thiophene rings is 1. The van der Waals surface area contributed by atoms with Gasteiger partial charge in [-0.25, -0.2) is 0 Å². The van der Waals surface area contributed by atoms with Gasteiger partial charge >= 0.3 is 0 Å². The van der Waals surface area contributed by atoms with Gasteiger partial charge < -0.3 is 4.57 Å². The molecule has 3 aromatic rings. The molecule has 0 radical (unpaired) electrons. The van der Waals surface area contributed by atoms with Gasteiger partial charge in [0.05, 0.1) is 11.4 Å². The smallest absolute Gasteiger partial charge is 0.192 e. The zero-order valence-electron chi connectivity index (χ0n) is 10.1. The zero-order valence-corrected chi connectivity index (χ0v) is 10.9. The molecule has 2 heterocycles. The number of ketones is 1. The normalized spacial score (nSPS) is 10.9. The number of Topliss-reactive ketones (excluding diaryl/α,β-unsaturated/α-hetero) is 1. The maximum absolute atomic E-state index is 12.1. The van der Waals surface area contributed by atoms with E-state index >= 15 is 0 Å². The van der Waals surface area contributed by atoms with Crippen LogP contribution in [0.5, 0.6) is 0 Å². The Bertz CT molecular complexity index is 694. The molecule has 0 N–H and O–H groups in total. The zero-order chi connectivity index (χ0) is 12.5. The summed E-state index contributed by atoms with van der Waals surface area (Å²) in [5.74, 6) is 0.170. The molecule has 0 saturated heterocycles. The number of fused-ring (bicyclic) bond motifs is 1. The van der Waals surface area contributed by atoms with Gasteiger partial charge in [-0.05, 0) is 41.5 Å². The molecule has 18 heavy (non-hydrogen) atoms. The molecule has 1 aromatic carbocycles. The second-order valence-corrected chi connectivity index (χ2v) is 5.35. The predicted molar refractivity (Wildman–Crippen MR) is 75.3 cm³/mol. The first-order chi connectivity index (χ1) is 8.74. The van der Waals surface area contributed by atoms with E-state index in [2.05, 4.69) is 31.2 Å². The van der Waals surface area contributed by atoms with Crippen LogP contribution in [0.3, 0.4) is 0 Å². The van der Waals surface area contributed by atoms with Crippen molar-refractivity contribution in [3.8, 4) is 0 Å². The minimum atomic E-state index is 0.170. The Morgan fingerprint density at radius 3 is 2.94 bits per heavy atom. The first-order valence-electron chi connectivity index (χ1n) is 5.86. The van der Waals surface area contributed by atoms with E-state index in [1.165, 1.54) is 22.3 Å². The van der Waals surface area contributed by atoms with Gasteiger partial charge in [0.15, 0.2) is 5.78 Å². The third kappa shape index (κ3) is 1.97. The summed E-state index contributed by atoms with van der Waals surface area (Å²) in [6.07, 6.45) is 1.98. The number of hydrogen-bond acceptors (Lipinski definition) is 2. The van der Waals surface area contributed by atoms with Crippen molar-refractivity contribution < 1.29 is 4.79 Å². The second kappa shape index (κ2) is 4.42. The van der Waals surface area contributed by atoms with E-state index < -0.39 is 0 Å². The first-order valence-corrected chi connectivity index (χ1v) is 6.74. The minimum Gasteiger partial charge on any atom is -0.340 e. The number of nitrogens with zero attached hydrogens (tertiary/aromatic N) is 1. The summed E-state index contributed by atoms with van der Waals surface area (Å²) in [6, 6.07) is 12.2. The third-order valence-electron chi connectivity index (χ3n) is 3.04. The summed E-state index contributed by atoms with van der Waals surface area (Å²) in [4.78, 5) is 12.9. The van der Waals surface area contributed by atoms with Gasteiger partial charge in [-0.1, -0.05) is 18.2 Å². The maximum atomic E-state index is 12.1. The van der Waals surface area contributed by atoms with Crippen molar-refractivity contribution >= 4 is 28.0 Å². The Morgan fingerprint density at radius 1 is 1.28 bits per heavy atom. The molecule has 2 nitrogen and oxygen atoms in total. The van der Waals surface area contributed by atoms with Crippen LogP contribution in [0.1, 0.15) is 15.2 Å². The highest BCUT2D eigenvalue weighted by molar-refractivity contribution is 7.12. The van der Waals surface area contributed by atoms with Crippen molar-refractivity contribution in [3.63, 3.8) is 0 Å². The number of rotatable bonds is 3. The summed E-state index contributed by atoms with van der Waals surface area (Å²) < 4.78 is 2.02. The molecule has 0 unspecified atom stereocenters. The predicted octanol–water partition coefficient (Wildman–Crippen LogP) is 3.89. The second-order valence-electron chi connectivity index (χ2n) is 4.41. The van der Waals surface area contributed by atoms with Crippen LogP contribution in [-0.2, 0) is 6.54 Å². The Hall–Kier alpha value is -1.87. The lowest BCUT2D eigenvalue weighted by molar-refractivity contribution is 0.0977. The summed E-state index contributed by atoms with van der Waals surface area (Å²) in [5, 5.41) is 3.12. The van der Waals surface area contributed by atoms with Crippen molar-refractivity contribution in [1.82, 2.24) is 4.57 Å². The number of aromatic nitrogens is 1. The average molecular weight is 255 g/mol. The highest BCUT2D eigenvalue weighted by Gasteiger charge is 2.09. The highest BCUT2D eigenvalue weighted by Crippen LogP contribution is 2.19. The molecule has 3 heteroatoms. The van der Waals surface area contributed by atoms with Crippen LogP contribution >= 0.6 is 11.3 Å². The molecule has 0 spiro atoms. The number of carbonyl (C=O) groups excluding carboxylic acids is 1. The number of hydrogen-bond donors (Lipinski definition) is 0. The Morgan fingerprint density at radius 2 is 2.17 bits per heavy atom. The van der Waals surface area contributed by atoms with Gasteiger partial charge in [0.1, 0.15) is 0 Å². The summed E-state index contributed by atoms with van der Waals surface area (Å²) in [6.45, 7) is 2.48. The van der Waals surface area contributed by atoms with E-state index in [1.807, 2.05) is 28.3 Å². The van der Waals surface area contributed by atoms with Crippen LogP contribution in [-0.4, -0.2) is 10.4 Å². The molecule has 0 aliphatic heterocycles. The molecule has 0 amide bonds. The average Bonchev–Trinajstić information content (AvgIpc) is 2.99.